The summed E-state index contributed by atoms with van der Waals surface area (Å²) >= 11 is 0. The van der Waals surface area contributed by atoms with Crippen LogP contribution in [0.25, 0.3) is 0 Å². The van der Waals surface area contributed by atoms with Crippen molar-refractivity contribution in [2.75, 3.05) is 19.8 Å². The molecule has 0 heterocycles. The minimum absolute atomic E-state index is 0. The van der Waals surface area contributed by atoms with E-state index in [0.717, 1.165) is 19.8 Å². The molecule has 0 aliphatic rings. The molecule has 0 aromatic carbocycles. The fourth-order valence-corrected chi connectivity index (χ4v) is 0.739. The van der Waals surface area contributed by atoms with Crippen LogP contribution in [0.2, 0.25) is 0 Å². The van der Waals surface area contributed by atoms with Crippen LogP contribution in [0.3, 0.4) is 0 Å². The van der Waals surface area contributed by atoms with Gasteiger partial charge in [-0.2, -0.15) is 0 Å². The maximum absolute atomic E-state index is 5.38. The largest absolute Gasteiger partial charge is 0.380 e. The van der Waals surface area contributed by atoms with E-state index in [1.54, 1.807) is 0 Å². The molecule has 0 saturated carbocycles. The highest BCUT2D eigenvalue weighted by atomic mass is 16.5. The summed E-state index contributed by atoms with van der Waals surface area (Å²) in [6, 6.07) is 0.567. The van der Waals surface area contributed by atoms with Crippen LogP contribution in [-0.4, -0.2) is 25.8 Å². The van der Waals surface area contributed by atoms with Gasteiger partial charge in [0.25, 0.3) is 0 Å². The first-order valence-corrected chi connectivity index (χ1v) is 4.44. The van der Waals surface area contributed by atoms with Crippen molar-refractivity contribution in [3.05, 3.63) is 0 Å². The Labute approximate surface area is 71.8 Å². The van der Waals surface area contributed by atoms with Crippen molar-refractivity contribution in [2.24, 2.45) is 5.92 Å². The van der Waals surface area contributed by atoms with Gasteiger partial charge in [0.1, 0.15) is 0 Å². The summed E-state index contributed by atoms with van der Waals surface area (Å²) in [5.41, 5.74) is 0. The molecule has 0 bridgehead atoms. The van der Waals surface area contributed by atoms with Crippen LogP contribution >= 0.6 is 0 Å². The quantitative estimate of drug-likeness (QED) is 0.601. The van der Waals surface area contributed by atoms with E-state index in [-0.39, 0.29) is 1.43 Å². The third-order valence-electron chi connectivity index (χ3n) is 1.25. The standard InChI is InChI=1S/C9H21NO.H2/c1-8(2)7-11-6-5-10-9(3)4;/h8-10H,5-7H2,1-4H3;1H. The van der Waals surface area contributed by atoms with Crippen molar-refractivity contribution < 1.29 is 6.16 Å². The van der Waals surface area contributed by atoms with E-state index in [1.165, 1.54) is 0 Å². The van der Waals surface area contributed by atoms with Crippen molar-refractivity contribution in [3.63, 3.8) is 0 Å². The second-order valence-corrected chi connectivity index (χ2v) is 3.58. The molecule has 1 N–H and O–H groups in total. The number of nitrogens with one attached hydrogen (secondary N) is 1. The van der Waals surface area contributed by atoms with Gasteiger partial charge in [-0.3, -0.25) is 0 Å². The fourth-order valence-electron chi connectivity index (χ4n) is 0.739. The number of ether oxygens (including phenoxy) is 1. The molecule has 11 heavy (non-hydrogen) atoms. The van der Waals surface area contributed by atoms with Crippen molar-refractivity contribution in [2.45, 2.75) is 33.7 Å². The first-order valence-electron chi connectivity index (χ1n) is 4.44. The number of hydrogen-bond donors (Lipinski definition) is 1. The van der Waals surface area contributed by atoms with Gasteiger partial charge in [-0.15, -0.1) is 0 Å². The van der Waals surface area contributed by atoms with Gasteiger partial charge in [0.2, 0.25) is 0 Å². The molecule has 0 aliphatic carbocycles. The van der Waals surface area contributed by atoms with E-state index in [1.807, 2.05) is 0 Å². The second kappa shape index (κ2) is 6.62. The SMILES string of the molecule is CC(C)COCCNC(C)C.[HH]. The number of hydrogen-bond acceptors (Lipinski definition) is 2. The topological polar surface area (TPSA) is 21.3 Å². The molecule has 70 valence electrons. The average molecular weight is 161 g/mol. The van der Waals surface area contributed by atoms with Gasteiger partial charge in [0, 0.05) is 20.6 Å². The van der Waals surface area contributed by atoms with E-state index >= 15 is 0 Å². The average Bonchev–Trinajstić information content (AvgIpc) is 1.85. The van der Waals surface area contributed by atoms with E-state index < -0.39 is 0 Å². The summed E-state index contributed by atoms with van der Waals surface area (Å²) < 4.78 is 5.38. The lowest BCUT2D eigenvalue weighted by Gasteiger charge is -2.09. The predicted molar refractivity (Wildman–Crippen MR) is 50.9 cm³/mol. The second-order valence-electron chi connectivity index (χ2n) is 3.58. The molecule has 0 radical (unpaired) electrons. The Bertz CT molecular complexity index is 76.6. The van der Waals surface area contributed by atoms with E-state index in [0.29, 0.717) is 12.0 Å². The summed E-state index contributed by atoms with van der Waals surface area (Å²) in [5.74, 6) is 0.647. The first-order chi connectivity index (χ1) is 5.13. The van der Waals surface area contributed by atoms with Crippen molar-refractivity contribution in [1.29, 1.82) is 0 Å². The highest BCUT2D eigenvalue weighted by Crippen LogP contribution is 1.91. The lowest BCUT2D eigenvalue weighted by Crippen LogP contribution is -2.27. The zero-order valence-electron chi connectivity index (χ0n) is 8.18. The highest BCUT2D eigenvalue weighted by Gasteiger charge is 1.94. The molecule has 0 unspecified atom stereocenters. The molecule has 0 aromatic heterocycles. The molecule has 0 spiro atoms. The molecule has 0 atom stereocenters. The normalized spacial score (nSPS) is 11.5. The molecule has 0 rings (SSSR count). The minimum atomic E-state index is 0. The lowest BCUT2D eigenvalue weighted by atomic mass is 10.2. The van der Waals surface area contributed by atoms with Crippen molar-refractivity contribution in [1.82, 2.24) is 5.32 Å². The highest BCUT2D eigenvalue weighted by molar-refractivity contribution is 4.51. The third-order valence-corrected chi connectivity index (χ3v) is 1.25. The van der Waals surface area contributed by atoms with Gasteiger partial charge in [0.15, 0.2) is 0 Å². The Hall–Kier alpha value is -0.0800. The molecule has 0 aliphatic heterocycles. The zero-order valence-corrected chi connectivity index (χ0v) is 8.18. The van der Waals surface area contributed by atoms with Gasteiger partial charge in [-0.05, 0) is 5.92 Å². The van der Waals surface area contributed by atoms with Crippen molar-refractivity contribution in [3.8, 4) is 0 Å². The van der Waals surface area contributed by atoms with E-state index in [4.69, 9.17) is 4.74 Å². The summed E-state index contributed by atoms with van der Waals surface area (Å²) in [6.07, 6.45) is 0. The number of rotatable bonds is 6. The maximum atomic E-state index is 5.38. The Morgan fingerprint density at radius 1 is 1.27 bits per heavy atom. The monoisotopic (exact) mass is 161 g/mol. The summed E-state index contributed by atoms with van der Waals surface area (Å²) in [7, 11) is 0. The molecule has 0 amide bonds. The lowest BCUT2D eigenvalue weighted by molar-refractivity contribution is 0.110. The Morgan fingerprint density at radius 2 is 1.91 bits per heavy atom. The molecule has 2 heteroatoms. The Morgan fingerprint density at radius 3 is 2.36 bits per heavy atom. The van der Waals surface area contributed by atoms with Crippen LogP contribution in [0.5, 0.6) is 0 Å². The van der Waals surface area contributed by atoms with E-state index in [2.05, 4.69) is 33.0 Å². The fraction of sp³-hybridized carbons (Fsp3) is 1.00. The predicted octanol–water partition coefficient (Wildman–Crippen LogP) is 1.90. The zero-order chi connectivity index (χ0) is 8.69. The summed E-state index contributed by atoms with van der Waals surface area (Å²) in [5, 5.41) is 3.29. The van der Waals surface area contributed by atoms with Crippen molar-refractivity contribution >= 4 is 0 Å². The molecule has 0 aromatic rings. The van der Waals surface area contributed by atoms with Crippen LogP contribution in [-0.2, 0) is 4.74 Å². The van der Waals surface area contributed by atoms with Gasteiger partial charge in [0.05, 0.1) is 6.61 Å². The van der Waals surface area contributed by atoms with Gasteiger partial charge in [-0.25, -0.2) is 0 Å². The van der Waals surface area contributed by atoms with E-state index in [9.17, 15) is 0 Å². The van der Waals surface area contributed by atoms with Gasteiger partial charge >= 0.3 is 0 Å². The molecule has 2 nitrogen and oxygen atoms in total. The Balaban J connectivity index is 0. The molecular formula is C9H23NO. The van der Waals surface area contributed by atoms with Crippen LogP contribution in [0.1, 0.15) is 29.1 Å². The maximum Gasteiger partial charge on any atom is 0.0591 e. The van der Waals surface area contributed by atoms with Crippen LogP contribution < -0.4 is 5.32 Å². The first kappa shape index (κ1) is 10.9. The van der Waals surface area contributed by atoms with Crippen LogP contribution in [0.4, 0.5) is 0 Å². The molecular weight excluding hydrogens is 138 g/mol. The van der Waals surface area contributed by atoms with Gasteiger partial charge < -0.3 is 10.1 Å². The summed E-state index contributed by atoms with van der Waals surface area (Å²) in [6.45, 7) is 11.3. The molecule has 0 fully saturated rings. The van der Waals surface area contributed by atoms with Gasteiger partial charge in [-0.1, -0.05) is 27.7 Å². The minimum Gasteiger partial charge on any atom is -0.380 e. The smallest absolute Gasteiger partial charge is 0.0591 e. The summed E-state index contributed by atoms with van der Waals surface area (Å²) in [4.78, 5) is 0. The molecule has 0 saturated heterocycles. The Kier molecular flexibility index (Phi) is 6.57. The third kappa shape index (κ3) is 9.92. The van der Waals surface area contributed by atoms with Crippen LogP contribution in [0.15, 0.2) is 0 Å². The van der Waals surface area contributed by atoms with Crippen LogP contribution in [0, 0.1) is 5.92 Å².